The number of aromatic nitrogens is 3. The van der Waals surface area contributed by atoms with Crippen LogP contribution >= 0.6 is 0 Å². The molecule has 0 spiro atoms. The first-order valence-corrected chi connectivity index (χ1v) is 6.58. The molecule has 0 bridgehead atoms. The third-order valence-electron chi connectivity index (χ3n) is 3.19. The average molecular weight is 268 g/mol. The zero-order chi connectivity index (χ0) is 14.1. The number of H-pyrrole nitrogens is 1. The van der Waals surface area contributed by atoms with Crippen LogP contribution in [0.5, 0.6) is 0 Å². The molecule has 102 valence electrons. The van der Waals surface area contributed by atoms with Gasteiger partial charge in [-0.1, -0.05) is 12.1 Å². The molecule has 5 nitrogen and oxygen atoms in total. The molecule has 2 N–H and O–H groups in total. The fraction of sp³-hybridized carbons (Fsp3) is 0.200. The number of anilines is 1. The summed E-state index contributed by atoms with van der Waals surface area (Å²) in [5.74, 6) is 0.301. The molecule has 0 saturated carbocycles. The Bertz CT molecular complexity index is 721. The van der Waals surface area contributed by atoms with Gasteiger partial charge in [0.15, 0.2) is 0 Å². The van der Waals surface area contributed by atoms with Gasteiger partial charge >= 0.3 is 0 Å². The topological polar surface area (TPSA) is 62.7 Å². The Morgan fingerprint density at radius 3 is 2.80 bits per heavy atom. The van der Waals surface area contributed by atoms with Gasteiger partial charge in [-0.15, -0.1) is 0 Å². The molecule has 20 heavy (non-hydrogen) atoms. The van der Waals surface area contributed by atoms with Crippen molar-refractivity contribution in [3.8, 4) is 0 Å². The van der Waals surface area contributed by atoms with Crippen molar-refractivity contribution in [1.29, 1.82) is 0 Å². The van der Waals surface area contributed by atoms with Crippen molar-refractivity contribution >= 4 is 22.9 Å². The molecule has 0 aliphatic heterocycles. The Morgan fingerprint density at radius 1 is 1.25 bits per heavy atom. The maximum Gasteiger partial charge on any atom is 0.274 e. The Hall–Kier alpha value is -2.56. The number of hydrogen-bond donors (Lipinski definition) is 2. The van der Waals surface area contributed by atoms with Crippen molar-refractivity contribution in [2.45, 2.75) is 19.9 Å². The van der Waals surface area contributed by atoms with Gasteiger partial charge in [0.25, 0.3) is 5.91 Å². The summed E-state index contributed by atoms with van der Waals surface area (Å²) in [6.07, 6.45) is 1.90. The maximum atomic E-state index is 12.3. The molecule has 0 radical (unpaired) electrons. The smallest absolute Gasteiger partial charge is 0.274 e. The molecule has 1 amide bonds. The van der Waals surface area contributed by atoms with E-state index < -0.39 is 0 Å². The van der Waals surface area contributed by atoms with Crippen LogP contribution in [0.25, 0.3) is 11.0 Å². The zero-order valence-corrected chi connectivity index (χ0v) is 11.4. The van der Waals surface area contributed by atoms with Gasteiger partial charge in [0.2, 0.25) is 5.95 Å². The average Bonchev–Trinajstić information content (AvgIpc) is 3.04. The van der Waals surface area contributed by atoms with E-state index in [1.807, 2.05) is 54.9 Å². The third kappa shape index (κ3) is 2.18. The lowest BCUT2D eigenvalue weighted by Crippen LogP contribution is -2.18. The highest BCUT2D eigenvalue weighted by Crippen LogP contribution is 2.15. The van der Waals surface area contributed by atoms with Gasteiger partial charge in [0, 0.05) is 12.2 Å². The normalized spacial score (nSPS) is 11.2. The van der Waals surface area contributed by atoms with E-state index in [1.165, 1.54) is 0 Å². The molecule has 3 aromatic rings. The molecule has 0 fully saturated rings. The van der Waals surface area contributed by atoms with Crippen molar-refractivity contribution in [2.75, 3.05) is 5.32 Å². The molecule has 0 atom stereocenters. The van der Waals surface area contributed by atoms with Crippen LogP contribution in [0.2, 0.25) is 0 Å². The van der Waals surface area contributed by atoms with E-state index in [-0.39, 0.29) is 11.9 Å². The second-order valence-corrected chi connectivity index (χ2v) is 4.95. The van der Waals surface area contributed by atoms with Gasteiger partial charge in [-0.05, 0) is 38.1 Å². The molecule has 0 saturated heterocycles. The summed E-state index contributed by atoms with van der Waals surface area (Å²) in [7, 11) is 0. The van der Waals surface area contributed by atoms with E-state index >= 15 is 0 Å². The van der Waals surface area contributed by atoms with Crippen LogP contribution in [-0.4, -0.2) is 20.4 Å². The fourth-order valence-electron chi connectivity index (χ4n) is 2.22. The number of benzene rings is 1. The van der Waals surface area contributed by atoms with Gasteiger partial charge in [-0.25, -0.2) is 4.98 Å². The molecule has 0 aliphatic rings. The highest BCUT2D eigenvalue weighted by molar-refractivity contribution is 6.02. The van der Waals surface area contributed by atoms with E-state index in [1.54, 1.807) is 6.07 Å². The highest BCUT2D eigenvalue weighted by atomic mass is 16.2. The number of para-hydroxylation sites is 2. The summed E-state index contributed by atoms with van der Waals surface area (Å²) in [5.41, 5.74) is 2.37. The Kier molecular flexibility index (Phi) is 3.02. The van der Waals surface area contributed by atoms with Crippen LogP contribution in [0, 0.1) is 0 Å². The van der Waals surface area contributed by atoms with Gasteiger partial charge in [-0.2, -0.15) is 0 Å². The monoisotopic (exact) mass is 268 g/mol. The minimum atomic E-state index is -0.164. The summed E-state index contributed by atoms with van der Waals surface area (Å²) in [6, 6.07) is 11.6. The number of carbonyl (C=O) groups is 1. The second kappa shape index (κ2) is 4.85. The van der Waals surface area contributed by atoms with Gasteiger partial charge in [0.05, 0.1) is 11.0 Å². The number of amides is 1. The van der Waals surface area contributed by atoms with Crippen molar-refractivity contribution in [3.05, 3.63) is 48.3 Å². The minimum Gasteiger partial charge on any atom is -0.341 e. The van der Waals surface area contributed by atoms with E-state index in [9.17, 15) is 4.79 Å². The third-order valence-corrected chi connectivity index (χ3v) is 3.19. The standard InChI is InChI=1S/C15H16N4O/c1-10(2)19-9-5-8-13(19)14(20)18-15-16-11-6-3-4-7-12(11)17-15/h3-10H,1-2H3,(H2,16,17,18,20). The van der Waals surface area contributed by atoms with E-state index in [0.29, 0.717) is 11.6 Å². The number of rotatable bonds is 3. The number of hydrogen-bond acceptors (Lipinski definition) is 2. The maximum absolute atomic E-state index is 12.3. The fourth-order valence-corrected chi connectivity index (χ4v) is 2.22. The van der Waals surface area contributed by atoms with Crippen molar-refractivity contribution < 1.29 is 4.79 Å². The molecule has 1 aromatic carbocycles. The first-order valence-electron chi connectivity index (χ1n) is 6.58. The van der Waals surface area contributed by atoms with Crippen LogP contribution in [0.15, 0.2) is 42.6 Å². The number of carbonyl (C=O) groups excluding carboxylic acids is 1. The van der Waals surface area contributed by atoms with Crippen LogP contribution in [0.3, 0.4) is 0 Å². The quantitative estimate of drug-likeness (QED) is 0.766. The lowest BCUT2D eigenvalue weighted by Gasteiger charge is -2.11. The summed E-state index contributed by atoms with van der Waals surface area (Å²) in [5, 5.41) is 2.80. The minimum absolute atomic E-state index is 0.164. The number of nitrogens with one attached hydrogen (secondary N) is 2. The first kappa shape index (κ1) is 12.5. The van der Waals surface area contributed by atoms with Crippen LogP contribution < -0.4 is 5.32 Å². The summed E-state index contributed by atoms with van der Waals surface area (Å²) < 4.78 is 1.93. The summed E-state index contributed by atoms with van der Waals surface area (Å²) in [4.78, 5) is 19.7. The molecule has 0 unspecified atom stereocenters. The number of fused-ring (bicyclic) bond motifs is 1. The van der Waals surface area contributed by atoms with Crippen molar-refractivity contribution in [1.82, 2.24) is 14.5 Å². The lowest BCUT2D eigenvalue weighted by molar-refractivity contribution is 0.101. The molecule has 2 aromatic heterocycles. The molecule has 2 heterocycles. The predicted octanol–water partition coefficient (Wildman–Crippen LogP) is 3.20. The molecule has 3 rings (SSSR count). The SMILES string of the molecule is CC(C)n1cccc1C(=O)Nc1nc2ccccc2[nH]1. The summed E-state index contributed by atoms with van der Waals surface area (Å²) >= 11 is 0. The Labute approximate surface area is 116 Å². The Morgan fingerprint density at radius 2 is 2.05 bits per heavy atom. The zero-order valence-electron chi connectivity index (χ0n) is 11.4. The van der Waals surface area contributed by atoms with E-state index in [4.69, 9.17) is 0 Å². The van der Waals surface area contributed by atoms with Gasteiger partial charge in [-0.3, -0.25) is 10.1 Å². The summed E-state index contributed by atoms with van der Waals surface area (Å²) in [6.45, 7) is 4.08. The molecular weight excluding hydrogens is 252 g/mol. The number of imidazole rings is 1. The number of aromatic amines is 1. The van der Waals surface area contributed by atoms with Crippen LogP contribution in [0.4, 0.5) is 5.95 Å². The van der Waals surface area contributed by atoms with Crippen LogP contribution in [-0.2, 0) is 0 Å². The Balaban J connectivity index is 1.86. The number of nitrogens with zero attached hydrogens (tertiary/aromatic N) is 2. The van der Waals surface area contributed by atoms with Crippen molar-refractivity contribution in [2.24, 2.45) is 0 Å². The van der Waals surface area contributed by atoms with E-state index in [2.05, 4.69) is 15.3 Å². The second-order valence-electron chi connectivity index (χ2n) is 4.95. The highest BCUT2D eigenvalue weighted by Gasteiger charge is 2.14. The molecular formula is C15H16N4O. The largest absolute Gasteiger partial charge is 0.341 e. The molecule has 5 heteroatoms. The van der Waals surface area contributed by atoms with Crippen LogP contribution in [0.1, 0.15) is 30.4 Å². The predicted molar refractivity (Wildman–Crippen MR) is 78.9 cm³/mol. The van der Waals surface area contributed by atoms with Gasteiger partial charge < -0.3 is 9.55 Å². The van der Waals surface area contributed by atoms with Crippen molar-refractivity contribution in [3.63, 3.8) is 0 Å². The molecule has 0 aliphatic carbocycles. The van der Waals surface area contributed by atoms with E-state index in [0.717, 1.165) is 11.0 Å². The van der Waals surface area contributed by atoms with Gasteiger partial charge in [0.1, 0.15) is 5.69 Å². The lowest BCUT2D eigenvalue weighted by atomic mass is 10.3. The first-order chi connectivity index (χ1) is 9.65.